The van der Waals surface area contributed by atoms with Crippen LogP contribution in [-0.2, 0) is 11.3 Å². The molecule has 0 unspecified atom stereocenters. The molecule has 0 aliphatic heterocycles. The highest BCUT2D eigenvalue weighted by Gasteiger charge is 2.25. The fraction of sp³-hybridized carbons (Fsp3) is 0.133. The van der Waals surface area contributed by atoms with Crippen LogP contribution in [0.15, 0.2) is 104 Å². The lowest BCUT2D eigenvalue weighted by molar-refractivity contribution is -0.116. The van der Waals surface area contributed by atoms with E-state index in [0.29, 0.717) is 27.5 Å². The van der Waals surface area contributed by atoms with Crippen molar-refractivity contribution in [1.29, 1.82) is 0 Å². The number of nitrogens with two attached hydrogens (primary N) is 1. The van der Waals surface area contributed by atoms with Crippen LogP contribution in [0.5, 0.6) is 0 Å². The second kappa shape index (κ2) is 11.4. The molecule has 0 saturated carbocycles. The minimum absolute atomic E-state index is 0.0990. The number of carbonyl (C=O) groups is 1. The molecule has 0 spiro atoms. The summed E-state index contributed by atoms with van der Waals surface area (Å²) in [6, 6.07) is 25.4. The summed E-state index contributed by atoms with van der Waals surface area (Å²) in [5.74, 6) is -0.356. The Labute approximate surface area is 248 Å². The van der Waals surface area contributed by atoms with Gasteiger partial charge < -0.3 is 10.6 Å². The molecule has 0 bridgehead atoms. The molecule has 3 aromatic heterocycles. The molecule has 0 aliphatic rings. The van der Waals surface area contributed by atoms with Gasteiger partial charge in [0.15, 0.2) is 10.8 Å². The number of hydrogen-bond donors (Lipinski definition) is 2. The lowest BCUT2D eigenvalue weighted by Crippen LogP contribution is -2.41. The molecule has 1 amide bonds. The van der Waals surface area contributed by atoms with E-state index in [1.165, 1.54) is 14.0 Å². The van der Waals surface area contributed by atoms with Gasteiger partial charge in [0.2, 0.25) is 11.7 Å². The summed E-state index contributed by atoms with van der Waals surface area (Å²) in [5.41, 5.74) is 6.61. The number of para-hydroxylation sites is 2. The number of H-pyrrole nitrogens is 1. The molecule has 3 aromatic carbocycles. The first-order chi connectivity index (χ1) is 20.9. The quantitative estimate of drug-likeness (QED) is 0.255. The number of anilines is 2. The first kappa shape index (κ1) is 27.7. The average Bonchev–Trinajstić information content (AvgIpc) is 3.45. The molecule has 43 heavy (non-hydrogen) atoms. The summed E-state index contributed by atoms with van der Waals surface area (Å²) in [4.78, 5) is 56.2. The molecule has 0 saturated heterocycles. The van der Waals surface area contributed by atoms with Gasteiger partial charge in [0.05, 0.1) is 28.9 Å². The third kappa shape index (κ3) is 4.99. The molecule has 3 heterocycles. The van der Waals surface area contributed by atoms with Crippen molar-refractivity contribution in [3.63, 3.8) is 0 Å². The highest BCUT2D eigenvalue weighted by Crippen LogP contribution is 2.25. The maximum atomic E-state index is 13.6. The van der Waals surface area contributed by atoms with Crippen molar-refractivity contribution >= 4 is 45.9 Å². The Morgan fingerprint density at radius 3 is 2.33 bits per heavy atom. The molecule has 13 heteroatoms. The van der Waals surface area contributed by atoms with Crippen molar-refractivity contribution in [2.75, 3.05) is 22.9 Å². The van der Waals surface area contributed by atoms with Crippen LogP contribution in [0.4, 0.5) is 11.5 Å². The van der Waals surface area contributed by atoms with Crippen LogP contribution in [0.25, 0.3) is 22.4 Å². The van der Waals surface area contributed by atoms with Gasteiger partial charge in [-0.05, 0) is 36.8 Å². The largest absolute Gasteiger partial charge is 0.383 e. The summed E-state index contributed by atoms with van der Waals surface area (Å²) in [7, 11) is 0. The van der Waals surface area contributed by atoms with Crippen LogP contribution < -0.4 is 27.4 Å². The molecule has 12 nitrogen and oxygen atoms in total. The fourth-order valence-electron chi connectivity index (χ4n) is 5.01. The van der Waals surface area contributed by atoms with E-state index in [-0.39, 0.29) is 35.9 Å². The lowest BCUT2D eigenvalue weighted by Gasteiger charge is -2.23. The summed E-state index contributed by atoms with van der Waals surface area (Å²) in [5, 5.41) is 9.48. The molecule has 0 atom stereocenters. The smallest absolute Gasteiger partial charge is 0.330 e. The number of aromatic amines is 1. The van der Waals surface area contributed by atoms with Crippen molar-refractivity contribution in [2.45, 2.75) is 18.6 Å². The summed E-state index contributed by atoms with van der Waals surface area (Å²) >= 11 is 1.11. The predicted octanol–water partition coefficient (Wildman–Crippen LogP) is 2.66. The second-order valence-corrected chi connectivity index (χ2v) is 10.5. The third-order valence-electron chi connectivity index (χ3n) is 7.02. The van der Waals surface area contributed by atoms with E-state index < -0.39 is 17.2 Å². The standard InChI is InChI=1S/C30H26N8O4S/c1-2-35(24-25(31)36(29(42)32-26(24)40)17-19-11-5-3-6-12-19)23(39)18-43-30-34-33-28-37(20-13-7-4-8-14-20)27(41)21-15-9-10-16-22(21)38(28)30/h3-16H,2,17-18,31H2,1H3,(H,32,40,42). The summed E-state index contributed by atoms with van der Waals surface area (Å²) in [6.45, 7) is 1.97. The number of fused-ring (bicyclic) bond motifs is 3. The normalized spacial score (nSPS) is 11.3. The fourth-order valence-corrected chi connectivity index (χ4v) is 5.82. The highest BCUT2D eigenvalue weighted by atomic mass is 32.2. The monoisotopic (exact) mass is 594 g/mol. The van der Waals surface area contributed by atoms with Gasteiger partial charge in [-0.3, -0.25) is 28.3 Å². The van der Waals surface area contributed by atoms with Gasteiger partial charge in [0, 0.05) is 6.54 Å². The minimum atomic E-state index is -0.752. The Kier molecular flexibility index (Phi) is 7.38. The number of nitrogens with one attached hydrogen (secondary N) is 1. The molecule has 0 radical (unpaired) electrons. The van der Waals surface area contributed by atoms with Gasteiger partial charge in [-0.2, -0.15) is 0 Å². The Bertz CT molecular complexity index is 2150. The van der Waals surface area contributed by atoms with Gasteiger partial charge in [-0.25, -0.2) is 9.36 Å². The zero-order valence-electron chi connectivity index (χ0n) is 23.0. The number of amides is 1. The Morgan fingerprint density at radius 1 is 0.930 bits per heavy atom. The van der Waals surface area contributed by atoms with Gasteiger partial charge >= 0.3 is 5.69 Å². The number of thioether (sulfide) groups is 1. The van der Waals surface area contributed by atoms with E-state index in [1.807, 2.05) is 54.6 Å². The lowest BCUT2D eigenvalue weighted by atomic mass is 10.2. The first-order valence-corrected chi connectivity index (χ1v) is 14.4. The molecular formula is C30H26N8O4S. The van der Waals surface area contributed by atoms with E-state index in [0.717, 1.165) is 17.3 Å². The van der Waals surface area contributed by atoms with Crippen LogP contribution in [0.2, 0.25) is 0 Å². The van der Waals surface area contributed by atoms with Crippen molar-refractivity contribution in [2.24, 2.45) is 0 Å². The first-order valence-electron chi connectivity index (χ1n) is 13.4. The van der Waals surface area contributed by atoms with Crippen molar-refractivity contribution < 1.29 is 4.79 Å². The Balaban J connectivity index is 1.36. The molecular weight excluding hydrogens is 568 g/mol. The number of rotatable bonds is 8. The molecule has 216 valence electrons. The number of nitrogens with zero attached hydrogens (tertiary/aromatic N) is 6. The zero-order valence-corrected chi connectivity index (χ0v) is 23.8. The number of nitrogen functional groups attached to an aromatic ring is 1. The maximum Gasteiger partial charge on any atom is 0.330 e. The van der Waals surface area contributed by atoms with E-state index >= 15 is 0 Å². The van der Waals surface area contributed by atoms with Crippen LogP contribution >= 0.6 is 11.8 Å². The Hall–Kier alpha value is -5.43. The topological polar surface area (TPSA) is 153 Å². The number of aromatic nitrogens is 6. The highest BCUT2D eigenvalue weighted by molar-refractivity contribution is 7.99. The van der Waals surface area contributed by atoms with Crippen LogP contribution in [0, 0.1) is 0 Å². The van der Waals surface area contributed by atoms with Crippen molar-refractivity contribution in [3.8, 4) is 5.69 Å². The summed E-state index contributed by atoms with van der Waals surface area (Å²) < 4.78 is 4.45. The van der Waals surface area contributed by atoms with E-state index in [9.17, 15) is 19.2 Å². The number of hydrogen-bond acceptors (Lipinski definition) is 8. The van der Waals surface area contributed by atoms with Gasteiger partial charge in [0.25, 0.3) is 11.1 Å². The average molecular weight is 595 g/mol. The molecule has 0 aliphatic carbocycles. The third-order valence-corrected chi connectivity index (χ3v) is 7.93. The van der Waals surface area contributed by atoms with Gasteiger partial charge in [0.1, 0.15) is 5.82 Å². The second-order valence-electron chi connectivity index (χ2n) is 9.60. The molecule has 6 aromatic rings. The van der Waals surface area contributed by atoms with Crippen LogP contribution in [0.1, 0.15) is 12.5 Å². The maximum absolute atomic E-state index is 13.6. The zero-order chi connectivity index (χ0) is 30.1. The van der Waals surface area contributed by atoms with Gasteiger partial charge in [-0.15, -0.1) is 10.2 Å². The van der Waals surface area contributed by atoms with Crippen molar-refractivity contribution in [1.82, 2.24) is 28.7 Å². The van der Waals surface area contributed by atoms with Crippen LogP contribution in [0.3, 0.4) is 0 Å². The molecule has 3 N–H and O–H groups in total. The predicted molar refractivity (Wildman–Crippen MR) is 166 cm³/mol. The number of carbonyl (C=O) groups excluding carboxylic acids is 1. The van der Waals surface area contributed by atoms with Crippen molar-refractivity contribution in [3.05, 3.63) is 122 Å². The minimum Gasteiger partial charge on any atom is -0.383 e. The summed E-state index contributed by atoms with van der Waals surface area (Å²) in [6.07, 6.45) is 0. The van der Waals surface area contributed by atoms with Gasteiger partial charge in [-0.1, -0.05) is 72.4 Å². The van der Waals surface area contributed by atoms with E-state index in [2.05, 4.69) is 15.2 Å². The van der Waals surface area contributed by atoms with E-state index in [1.54, 1.807) is 41.7 Å². The Morgan fingerprint density at radius 2 is 1.60 bits per heavy atom. The van der Waals surface area contributed by atoms with E-state index in [4.69, 9.17) is 5.73 Å². The number of benzene rings is 3. The SMILES string of the molecule is CCN(C(=O)CSc1nnc2n(-c3ccccc3)c(=O)c3ccccc3n12)c1c(N)n(Cc2ccccc2)c(=O)[nH]c1=O. The van der Waals surface area contributed by atoms with Crippen LogP contribution in [-0.4, -0.2) is 46.9 Å². The molecule has 0 fully saturated rings. The molecule has 6 rings (SSSR count).